The van der Waals surface area contributed by atoms with Gasteiger partial charge < -0.3 is 63.8 Å². The Morgan fingerprint density at radius 3 is 2.17 bits per heavy atom. The number of carbonyl (C=O) groups excluding carboxylic acids is 2. The summed E-state index contributed by atoms with van der Waals surface area (Å²) < 4.78 is 37.3. The summed E-state index contributed by atoms with van der Waals surface area (Å²) in [5.74, 6) is -2.78. The molecule has 18 atom stereocenters. The fourth-order valence-corrected chi connectivity index (χ4v) is 8.71. The second kappa shape index (κ2) is 18.2. The standard InChI is InChI=1S/C38H70N2O13/c1-14-27-38(10,47)31(43)24(6)39(11)18-20(2)16-36(8,46)33(53-35-29(42)26(40(12)19-41)15-21(3)49-35)22(4)30(23(5)34(45)51-27)52-28-17-37(9,48-13)32(44)25(7)50-28/h19-33,35,42-44,46-47H,14-18H2,1-13H3/t20-,21?,22+,23-,24-,25?,26+,27-,28+,29?,30+,31-,32+,33-,35+,36-,37+,38-/m1/s1. The Labute approximate surface area is 316 Å². The second-order valence-corrected chi connectivity index (χ2v) is 17.0. The van der Waals surface area contributed by atoms with Gasteiger partial charge in [0.2, 0.25) is 6.41 Å². The first-order valence-corrected chi connectivity index (χ1v) is 19.2. The number of amides is 1. The minimum Gasteiger partial charge on any atom is -0.459 e. The number of carbonyl (C=O) groups is 2. The molecular formula is C38H70N2O13. The van der Waals surface area contributed by atoms with Gasteiger partial charge in [-0.15, -0.1) is 0 Å². The highest BCUT2D eigenvalue weighted by molar-refractivity contribution is 5.73. The van der Waals surface area contributed by atoms with Gasteiger partial charge in [0.15, 0.2) is 12.6 Å². The van der Waals surface area contributed by atoms with Gasteiger partial charge >= 0.3 is 5.97 Å². The third kappa shape index (κ3) is 10.3. The lowest BCUT2D eigenvalue weighted by Crippen LogP contribution is -2.60. The number of esters is 1. The highest BCUT2D eigenvalue weighted by Crippen LogP contribution is 2.40. The number of likely N-dealkylation sites (N-methyl/N-ethyl adjacent to an activating group) is 2. The van der Waals surface area contributed by atoms with Crippen LogP contribution in [0.3, 0.4) is 0 Å². The lowest BCUT2D eigenvalue weighted by atomic mass is 9.77. The maximum Gasteiger partial charge on any atom is 0.311 e. The normalized spacial score (nSPS) is 48.6. The van der Waals surface area contributed by atoms with E-state index in [0.717, 1.165) is 0 Å². The summed E-state index contributed by atoms with van der Waals surface area (Å²) in [7, 11) is 4.88. The van der Waals surface area contributed by atoms with Gasteiger partial charge in [0, 0.05) is 39.1 Å². The van der Waals surface area contributed by atoms with Crippen molar-refractivity contribution in [2.45, 2.75) is 185 Å². The van der Waals surface area contributed by atoms with E-state index in [1.54, 1.807) is 55.5 Å². The first kappa shape index (κ1) is 45.9. The summed E-state index contributed by atoms with van der Waals surface area (Å²) in [6.45, 7) is 17.6. The first-order chi connectivity index (χ1) is 24.4. The van der Waals surface area contributed by atoms with E-state index in [-0.39, 0.29) is 25.2 Å². The number of ether oxygens (including phenoxy) is 6. The number of methoxy groups -OCH3 is 1. The van der Waals surface area contributed by atoms with E-state index in [0.29, 0.717) is 19.4 Å². The second-order valence-electron chi connectivity index (χ2n) is 17.0. The van der Waals surface area contributed by atoms with Gasteiger partial charge in [-0.2, -0.15) is 0 Å². The van der Waals surface area contributed by atoms with Crippen LogP contribution in [0.4, 0.5) is 0 Å². The quantitative estimate of drug-likeness (QED) is 0.176. The molecule has 15 nitrogen and oxygen atoms in total. The maximum absolute atomic E-state index is 14.2. The van der Waals surface area contributed by atoms with Crippen LogP contribution >= 0.6 is 0 Å². The van der Waals surface area contributed by atoms with E-state index in [9.17, 15) is 35.1 Å². The molecule has 15 heteroatoms. The maximum atomic E-state index is 14.2. The van der Waals surface area contributed by atoms with Crippen LogP contribution in [0.5, 0.6) is 0 Å². The molecule has 0 aromatic heterocycles. The van der Waals surface area contributed by atoms with E-state index in [1.807, 2.05) is 25.8 Å². The Morgan fingerprint density at radius 2 is 1.60 bits per heavy atom. The molecule has 53 heavy (non-hydrogen) atoms. The Morgan fingerprint density at radius 1 is 0.981 bits per heavy atom. The largest absolute Gasteiger partial charge is 0.459 e. The summed E-state index contributed by atoms with van der Waals surface area (Å²) in [6.07, 6.45) is -8.72. The molecule has 0 aromatic carbocycles. The molecule has 3 saturated heterocycles. The molecule has 3 unspecified atom stereocenters. The third-order valence-electron chi connectivity index (χ3n) is 12.2. The Hall–Kier alpha value is -1.50. The molecule has 0 aliphatic carbocycles. The van der Waals surface area contributed by atoms with Crippen molar-refractivity contribution in [2.24, 2.45) is 17.8 Å². The number of aliphatic hydroxyl groups excluding tert-OH is 3. The molecule has 0 spiro atoms. The van der Waals surface area contributed by atoms with Crippen LogP contribution in [-0.2, 0) is 38.0 Å². The zero-order valence-corrected chi connectivity index (χ0v) is 34.2. The number of hydrogen-bond donors (Lipinski definition) is 5. The fraction of sp³-hybridized carbons (Fsp3) is 0.947. The smallest absolute Gasteiger partial charge is 0.311 e. The van der Waals surface area contributed by atoms with E-state index < -0.39 is 108 Å². The van der Waals surface area contributed by atoms with Crippen molar-refractivity contribution in [3.8, 4) is 0 Å². The monoisotopic (exact) mass is 762 g/mol. The molecule has 1 amide bonds. The van der Waals surface area contributed by atoms with E-state index >= 15 is 0 Å². The van der Waals surface area contributed by atoms with Gasteiger partial charge in [0.05, 0.1) is 47.6 Å². The topological polar surface area (TPSA) is 197 Å². The van der Waals surface area contributed by atoms with Gasteiger partial charge in [-0.05, 0) is 80.7 Å². The van der Waals surface area contributed by atoms with Crippen molar-refractivity contribution in [1.29, 1.82) is 0 Å². The molecule has 310 valence electrons. The van der Waals surface area contributed by atoms with Gasteiger partial charge in [0.25, 0.3) is 0 Å². The first-order valence-electron chi connectivity index (χ1n) is 19.2. The molecule has 0 bridgehead atoms. The molecule has 5 N–H and O–H groups in total. The number of nitrogens with zero attached hydrogens (tertiary/aromatic N) is 2. The van der Waals surface area contributed by atoms with Gasteiger partial charge in [0.1, 0.15) is 30.0 Å². The fourth-order valence-electron chi connectivity index (χ4n) is 8.71. The molecule has 3 rings (SSSR count). The Balaban J connectivity index is 2.18. The molecule has 3 fully saturated rings. The van der Waals surface area contributed by atoms with E-state index in [2.05, 4.69) is 0 Å². The van der Waals surface area contributed by atoms with Crippen molar-refractivity contribution in [1.82, 2.24) is 9.80 Å². The van der Waals surface area contributed by atoms with Gasteiger partial charge in [-0.3, -0.25) is 9.59 Å². The van der Waals surface area contributed by atoms with Gasteiger partial charge in [-0.25, -0.2) is 0 Å². The Kier molecular flexibility index (Phi) is 15.7. The zero-order chi connectivity index (χ0) is 40.4. The minimum atomic E-state index is -1.82. The molecule has 0 radical (unpaired) electrons. The van der Waals surface area contributed by atoms with Crippen molar-refractivity contribution in [3.63, 3.8) is 0 Å². The number of cyclic esters (lactones) is 1. The summed E-state index contributed by atoms with van der Waals surface area (Å²) in [5.41, 5.74) is -4.50. The lowest BCUT2D eigenvalue weighted by Gasteiger charge is -2.48. The van der Waals surface area contributed by atoms with Gasteiger partial charge in [-0.1, -0.05) is 20.8 Å². The average Bonchev–Trinajstić information content (AvgIpc) is 3.09. The number of rotatable bonds is 8. The van der Waals surface area contributed by atoms with Crippen molar-refractivity contribution in [3.05, 3.63) is 0 Å². The van der Waals surface area contributed by atoms with Crippen molar-refractivity contribution >= 4 is 12.4 Å². The molecule has 3 aliphatic rings. The number of hydrogen-bond acceptors (Lipinski definition) is 14. The molecule has 0 aromatic rings. The van der Waals surface area contributed by atoms with Crippen LogP contribution < -0.4 is 0 Å². The highest BCUT2D eigenvalue weighted by atomic mass is 16.7. The van der Waals surface area contributed by atoms with Crippen LogP contribution in [0.15, 0.2) is 0 Å². The van der Waals surface area contributed by atoms with Crippen molar-refractivity contribution in [2.75, 3.05) is 27.7 Å². The SMILES string of the molecule is CC[C@H]1OC(=O)[C@H](C)[C@@H](O[C@H]2C[C@](C)(OC)[C@@H](O)C(C)O2)[C@H](C)[C@@H](O[C@@H]2OC(C)C[C@H](N(C)C=O)C2O)[C@](C)(O)C[C@@H](C)CN(C)[C@H](C)[C@@H](O)[C@]1(C)O. The summed E-state index contributed by atoms with van der Waals surface area (Å²) in [6, 6.07) is -1.19. The van der Waals surface area contributed by atoms with Crippen LogP contribution in [0, 0.1) is 17.8 Å². The van der Waals surface area contributed by atoms with Crippen molar-refractivity contribution < 1.29 is 63.5 Å². The lowest BCUT2D eigenvalue weighted by molar-refractivity contribution is -0.317. The Bertz CT molecular complexity index is 1190. The molecule has 0 saturated carbocycles. The summed E-state index contributed by atoms with van der Waals surface area (Å²) in [4.78, 5) is 29.2. The third-order valence-corrected chi connectivity index (χ3v) is 12.2. The van der Waals surface area contributed by atoms with Crippen LogP contribution in [0.2, 0.25) is 0 Å². The highest BCUT2D eigenvalue weighted by Gasteiger charge is 2.52. The van der Waals surface area contributed by atoms with Crippen LogP contribution in [0.25, 0.3) is 0 Å². The van der Waals surface area contributed by atoms with Crippen LogP contribution in [-0.4, -0.2) is 166 Å². The number of aliphatic hydroxyl groups is 5. The molecular weight excluding hydrogens is 692 g/mol. The average molecular weight is 763 g/mol. The van der Waals surface area contributed by atoms with E-state index in [4.69, 9.17) is 28.4 Å². The van der Waals surface area contributed by atoms with Crippen LogP contribution in [0.1, 0.15) is 94.9 Å². The predicted molar refractivity (Wildman–Crippen MR) is 194 cm³/mol. The predicted octanol–water partition coefficient (Wildman–Crippen LogP) is 1.43. The summed E-state index contributed by atoms with van der Waals surface area (Å²) >= 11 is 0. The molecule has 3 aliphatic heterocycles. The zero-order valence-electron chi connectivity index (χ0n) is 34.2. The van der Waals surface area contributed by atoms with E-state index in [1.165, 1.54) is 18.9 Å². The molecule has 3 heterocycles. The minimum absolute atomic E-state index is 0.101. The summed E-state index contributed by atoms with van der Waals surface area (Å²) in [5, 5.41) is 58.1.